The van der Waals surface area contributed by atoms with Crippen molar-refractivity contribution in [1.29, 1.82) is 0 Å². The Morgan fingerprint density at radius 1 is 0.242 bits per heavy atom. The Balaban J connectivity index is 0.604. The van der Waals surface area contributed by atoms with E-state index in [0.717, 1.165) is 128 Å². The maximum atomic E-state index is 6.63. The molecule has 0 aliphatic carbocycles. The van der Waals surface area contributed by atoms with Gasteiger partial charge in [0, 0.05) is 22.9 Å². The molecule has 0 saturated carbocycles. The minimum atomic E-state index is 0.578. The summed E-state index contributed by atoms with van der Waals surface area (Å²) >= 11 is 0. The lowest BCUT2D eigenvalue weighted by Crippen LogP contribution is -1.98. The molecular weight excluding hydrogens is 1160 g/mol. The van der Waals surface area contributed by atoms with Gasteiger partial charge in [0.15, 0.2) is 11.2 Å². The fourth-order valence-electron chi connectivity index (χ4n) is 13.6. The topological polar surface area (TPSA) is 77.8 Å². The van der Waals surface area contributed by atoms with Crippen LogP contribution in [0.5, 0.6) is 0 Å². The molecule has 18 rings (SSSR count). The highest BCUT2D eigenvalue weighted by molar-refractivity contribution is 6.01. The van der Waals surface area contributed by atoms with Crippen LogP contribution in [-0.4, -0.2) is 19.9 Å². The summed E-state index contributed by atoms with van der Waals surface area (Å²) in [7, 11) is 0. The molecule has 6 nitrogen and oxygen atoms in total. The van der Waals surface area contributed by atoms with Gasteiger partial charge >= 0.3 is 0 Å². The van der Waals surface area contributed by atoms with Crippen LogP contribution in [0.4, 0.5) is 0 Å². The molecule has 0 spiro atoms. The van der Waals surface area contributed by atoms with Crippen molar-refractivity contribution in [3.05, 3.63) is 339 Å². The van der Waals surface area contributed by atoms with Crippen molar-refractivity contribution in [1.82, 2.24) is 19.9 Å². The minimum Gasteiger partial charge on any atom is -0.436 e. The van der Waals surface area contributed by atoms with E-state index >= 15 is 0 Å². The maximum Gasteiger partial charge on any atom is 0.227 e. The van der Waals surface area contributed by atoms with Gasteiger partial charge in [0.25, 0.3) is 0 Å². The summed E-state index contributed by atoms with van der Waals surface area (Å²) in [5.74, 6) is 1.16. The summed E-state index contributed by atoms with van der Waals surface area (Å²) in [6.45, 7) is 0. The second-order valence-electron chi connectivity index (χ2n) is 24.5. The van der Waals surface area contributed by atoms with Crippen molar-refractivity contribution < 1.29 is 8.83 Å². The molecule has 0 unspecified atom stereocenters. The third kappa shape index (κ3) is 10.6. The first-order chi connectivity index (χ1) is 47.0. The molecule has 0 aliphatic heterocycles. The van der Waals surface area contributed by atoms with E-state index < -0.39 is 0 Å². The molecule has 18 aromatic rings. The number of nitrogens with zero attached hydrogens (tertiary/aromatic N) is 4. The lowest BCUT2D eigenvalue weighted by molar-refractivity contribution is 0.619. The Hall–Kier alpha value is -12.6. The van der Waals surface area contributed by atoms with E-state index in [9.17, 15) is 0 Å². The summed E-state index contributed by atoms with van der Waals surface area (Å²) in [6.07, 6.45) is 2.51. The van der Waals surface area contributed by atoms with E-state index in [2.05, 4.69) is 308 Å². The molecule has 444 valence electrons. The number of oxazole rings is 2. The van der Waals surface area contributed by atoms with Gasteiger partial charge in [-0.3, -0.25) is 4.98 Å². The fourth-order valence-corrected chi connectivity index (χ4v) is 13.6. The monoisotopic (exact) mass is 1210 g/mol. The predicted molar refractivity (Wildman–Crippen MR) is 391 cm³/mol. The number of benzene rings is 14. The van der Waals surface area contributed by atoms with E-state index in [1.807, 2.05) is 24.4 Å². The standard InChI is InChI=1S/C89H56N4O2/c1-5-15-68-48-72(40-30-57(68)11-1)77-52-83-85(54-79(77)74-42-32-59-13-3-7-17-70(59)50-74)94-88(92-83)66-36-26-63(27-37-66)61-22-20-56(21-23-61)47-76-44-45-82(81-19-9-10-46-90-81)91-87(76)65-34-24-62(25-35-65)64-28-38-67(39-29-64)89-93-84-53-78(73-41-31-58-12-2-6-16-69(58)49-73)80(55-86(84)95-89)75-43-33-60-14-4-8-18-71(60)51-75/h1-46,48-55H,47H2. The Kier molecular flexibility index (Phi) is 13.5. The van der Waals surface area contributed by atoms with Crippen LogP contribution >= 0.6 is 0 Å². The molecule has 0 bridgehead atoms. The number of rotatable bonds is 12. The molecule has 0 N–H and O–H groups in total. The quantitative estimate of drug-likeness (QED) is 0.121. The highest BCUT2D eigenvalue weighted by Gasteiger charge is 2.20. The SMILES string of the molecule is c1ccc(-c2ccc(Cc3ccc(-c4ccc(-c5nc6cc(-c7ccc8ccccc8c7)c(-c7ccc8ccccc8c7)cc6o5)cc4)cc3)c(-c3ccc(-c4ccc(-c5nc6cc(-c7ccc8ccccc8c7)c(-c7ccc8ccccc8c7)cc6o5)cc4)cc3)n2)nc1. The van der Waals surface area contributed by atoms with Crippen molar-refractivity contribution in [2.45, 2.75) is 6.42 Å². The zero-order valence-electron chi connectivity index (χ0n) is 51.5. The van der Waals surface area contributed by atoms with E-state index in [4.69, 9.17) is 23.8 Å². The van der Waals surface area contributed by atoms with Crippen molar-refractivity contribution >= 4 is 65.3 Å². The average molecular weight is 1210 g/mol. The van der Waals surface area contributed by atoms with E-state index in [1.165, 1.54) is 48.7 Å². The third-order valence-corrected chi connectivity index (χ3v) is 18.6. The molecule has 14 aromatic carbocycles. The van der Waals surface area contributed by atoms with Crippen molar-refractivity contribution in [2.24, 2.45) is 0 Å². The van der Waals surface area contributed by atoms with Crippen LogP contribution in [0.1, 0.15) is 11.1 Å². The highest BCUT2D eigenvalue weighted by Crippen LogP contribution is 2.43. The van der Waals surface area contributed by atoms with Gasteiger partial charge < -0.3 is 8.83 Å². The number of aromatic nitrogens is 4. The highest BCUT2D eigenvalue weighted by atomic mass is 16.4. The Labute approximate surface area is 548 Å². The van der Waals surface area contributed by atoms with Crippen LogP contribution in [0.25, 0.3) is 178 Å². The fraction of sp³-hybridized carbons (Fsp3) is 0.0112. The molecule has 0 radical (unpaired) electrons. The van der Waals surface area contributed by atoms with Crippen LogP contribution in [0, 0.1) is 0 Å². The van der Waals surface area contributed by atoms with E-state index in [-0.39, 0.29) is 0 Å². The molecule has 4 heterocycles. The molecule has 6 heteroatoms. The largest absolute Gasteiger partial charge is 0.436 e. The average Bonchev–Trinajstić information content (AvgIpc) is 1.76. The summed E-state index contributed by atoms with van der Waals surface area (Å²) < 4.78 is 13.3. The predicted octanol–water partition coefficient (Wildman–Crippen LogP) is 23.6. The van der Waals surface area contributed by atoms with Gasteiger partial charge in [0.1, 0.15) is 11.0 Å². The molecule has 0 amide bonds. The van der Waals surface area contributed by atoms with Gasteiger partial charge in [-0.2, -0.15) is 0 Å². The van der Waals surface area contributed by atoms with Crippen LogP contribution in [-0.2, 0) is 6.42 Å². The Morgan fingerprint density at radius 3 is 0.989 bits per heavy atom. The number of pyridine rings is 2. The van der Waals surface area contributed by atoms with Gasteiger partial charge in [0.05, 0.1) is 17.1 Å². The second-order valence-corrected chi connectivity index (χ2v) is 24.5. The van der Waals surface area contributed by atoms with Gasteiger partial charge in [0.2, 0.25) is 11.8 Å². The summed E-state index contributed by atoms with van der Waals surface area (Å²) in [5, 5.41) is 9.60. The van der Waals surface area contributed by atoms with Gasteiger partial charge in [-0.05, 0) is 218 Å². The third-order valence-electron chi connectivity index (χ3n) is 18.6. The first-order valence-corrected chi connectivity index (χ1v) is 32.2. The summed E-state index contributed by atoms with van der Waals surface area (Å²) in [6, 6.07) is 114. The number of fused-ring (bicyclic) bond motifs is 6. The molecule has 95 heavy (non-hydrogen) atoms. The van der Waals surface area contributed by atoms with Crippen LogP contribution in [0.3, 0.4) is 0 Å². The van der Waals surface area contributed by atoms with Crippen LogP contribution < -0.4 is 0 Å². The lowest BCUT2D eigenvalue weighted by atomic mass is 9.92. The van der Waals surface area contributed by atoms with E-state index in [0.29, 0.717) is 18.2 Å². The molecule has 0 atom stereocenters. The first-order valence-electron chi connectivity index (χ1n) is 32.2. The van der Waals surface area contributed by atoms with Gasteiger partial charge in [-0.1, -0.05) is 231 Å². The number of hydrogen-bond donors (Lipinski definition) is 0. The first kappa shape index (κ1) is 55.2. The van der Waals surface area contributed by atoms with Crippen LogP contribution in [0.2, 0.25) is 0 Å². The Bertz CT molecular complexity index is 5740. The smallest absolute Gasteiger partial charge is 0.227 e. The zero-order chi connectivity index (χ0) is 62.8. The van der Waals surface area contributed by atoms with Crippen LogP contribution in [0.15, 0.2) is 337 Å². The summed E-state index contributed by atoms with van der Waals surface area (Å²) in [5.41, 5.74) is 24.2. The normalized spacial score (nSPS) is 11.6. The van der Waals surface area contributed by atoms with Gasteiger partial charge in [-0.15, -0.1) is 0 Å². The minimum absolute atomic E-state index is 0.578. The van der Waals surface area contributed by atoms with Crippen molar-refractivity contribution in [2.75, 3.05) is 0 Å². The molecule has 0 saturated heterocycles. The molecule has 4 aromatic heterocycles. The molecule has 0 aliphatic rings. The zero-order valence-corrected chi connectivity index (χ0v) is 51.5. The van der Waals surface area contributed by atoms with Crippen molar-refractivity contribution in [3.8, 4) is 112 Å². The molecular formula is C89H56N4O2. The summed E-state index contributed by atoms with van der Waals surface area (Å²) in [4.78, 5) is 20.2. The van der Waals surface area contributed by atoms with Gasteiger partial charge in [-0.25, -0.2) is 15.0 Å². The Morgan fingerprint density at radius 2 is 0.589 bits per heavy atom. The second kappa shape index (κ2) is 23.2. The number of hydrogen-bond acceptors (Lipinski definition) is 6. The lowest BCUT2D eigenvalue weighted by Gasteiger charge is -2.13. The van der Waals surface area contributed by atoms with Crippen molar-refractivity contribution in [3.63, 3.8) is 0 Å². The van der Waals surface area contributed by atoms with E-state index in [1.54, 1.807) is 0 Å². The maximum absolute atomic E-state index is 6.63. The molecule has 0 fully saturated rings.